The van der Waals surface area contributed by atoms with Gasteiger partial charge in [0.25, 0.3) is 0 Å². The highest BCUT2D eigenvalue weighted by Crippen LogP contribution is 2.32. The molecule has 0 amide bonds. The predicted molar refractivity (Wildman–Crippen MR) is 61.5 cm³/mol. The number of nitrogens with one attached hydrogen (secondary N) is 1. The first kappa shape index (κ1) is 11.7. The monoisotopic (exact) mass is 237 g/mol. The van der Waals surface area contributed by atoms with Crippen LogP contribution in [0.2, 0.25) is 0 Å². The normalized spacial score (nSPS) is 18.4. The third-order valence-corrected chi connectivity index (χ3v) is 2.97. The topological polar surface area (TPSA) is 67.8 Å². The van der Waals surface area contributed by atoms with E-state index in [4.69, 9.17) is 14.6 Å². The lowest BCUT2D eigenvalue weighted by atomic mass is 9.95. The number of aliphatic carboxylic acids is 1. The lowest BCUT2D eigenvalue weighted by Gasteiger charge is -2.24. The highest BCUT2D eigenvalue weighted by atomic mass is 16.5. The summed E-state index contributed by atoms with van der Waals surface area (Å²) in [5, 5.41) is 11.9. The van der Waals surface area contributed by atoms with Crippen LogP contribution >= 0.6 is 0 Å². The molecule has 1 atom stereocenters. The number of carboxylic acids is 1. The Morgan fingerprint density at radius 3 is 2.41 bits per heavy atom. The van der Waals surface area contributed by atoms with Gasteiger partial charge in [0.15, 0.2) is 11.5 Å². The van der Waals surface area contributed by atoms with Crippen LogP contribution in [0.4, 0.5) is 0 Å². The molecule has 2 N–H and O–H groups in total. The van der Waals surface area contributed by atoms with E-state index in [-0.39, 0.29) is 0 Å². The maximum atomic E-state index is 10.9. The standard InChI is InChI=1S/C12H15NO4/c1-16-10-4-7-3-9(12(14)15)13-6-8(7)5-11(10)17-2/h4-5,9,13H,3,6H2,1-2H3,(H,14,15). The molecule has 5 nitrogen and oxygen atoms in total. The summed E-state index contributed by atoms with van der Waals surface area (Å²) in [4.78, 5) is 10.9. The van der Waals surface area contributed by atoms with E-state index in [0.717, 1.165) is 11.1 Å². The van der Waals surface area contributed by atoms with Crippen LogP contribution in [-0.4, -0.2) is 31.3 Å². The number of ether oxygens (including phenoxy) is 2. The maximum absolute atomic E-state index is 10.9. The SMILES string of the molecule is COc1cc2c(cc1OC)CC(C(=O)O)NC2. The minimum absolute atomic E-state index is 0.463. The minimum Gasteiger partial charge on any atom is -0.493 e. The van der Waals surface area contributed by atoms with E-state index in [0.29, 0.717) is 24.5 Å². The van der Waals surface area contributed by atoms with E-state index in [1.807, 2.05) is 12.1 Å². The molecule has 1 aliphatic rings. The Hall–Kier alpha value is -1.75. The molecule has 0 spiro atoms. The average Bonchev–Trinajstić information content (AvgIpc) is 2.36. The van der Waals surface area contributed by atoms with Crippen molar-refractivity contribution in [2.24, 2.45) is 0 Å². The zero-order chi connectivity index (χ0) is 12.4. The Bertz CT molecular complexity index is 444. The van der Waals surface area contributed by atoms with Crippen molar-refractivity contribution in [3.05, 3.63) is 23.3 Å². The Morgan fingerprint density at radius 2 is 1.88 bits per heavy atom. The van der Waals surface area contributed by atoms with Crippen LogP contribution in [0.1, 0.15) is 11.1 Å². The van der Waals surface area contributed by atoms with Gasteiger partial charge in [-0.15, -0.1) is 0 Å². The summed E-state index contributed by atoms with van der Waals surface area (Å²) >= 11 is 0. The predicted octanol–water partition coefficient (Wildman–Crippen LogP) is 0.803. The zero-order valence-corrected chi connectivity index (χ0v) is 9.82. The van der Waals surface area contributed by atoms with Crippen molar-refractivity contribution in [3.8, 4) is 11.5 Å². The number of carbonyl (C=O) groups is 1. The summed E-state index contributed by atoms with van der Waals surface area (Å²) in [6, 6.07) is 3.21. The highest BCUT2D eigenvalue weighted by Gasteiger charge is 2.25. The average molecular weight is 237 g/mol. The number of hydrogen-bond donors (Lipinski definition) is 2. The van der Waals surface area contributed by atoms with Crippen molar-refractivity contribution < 1.29 is 19.4 Å². The van der Waals surface area contributed by atoms with E-state index in [1.165, 1.54) is 0 Å². The fourth-order valence-corrected chi connectivity index (χ4v) is 2.02. The second-order valence-corrected chi connectivity index (χ2v) is 3.95. The molecule has 0 radical (unpaired) electrons. The molecule has 0 saturated heterocycles. The Kier molecular flexibility index (Phi) is 3.19. The van der Waals surface area contributed by atoms with Gasteiger partial charge < -0.3 is 19.9 Å². The van der Waals surface area contributed by atoms with E-state index in [9.17, 15) is 4.79 Å². The number of carboxylic acid groups (broad SMARTS) is 1. The number of rotatable bonds is 3. The van der Waals surface area contributed by atoms with Gasteiger partial charge in [-0.2, -0.15) is 0 Å². The third kappa shape index (κ3) is 2.19. The van der Waals surface area contributed by atoms with Crippen molar-refractivity contribution >= 4 is 5.97 Å². The van der Waals surface area contributed by atoms with Gasteiger partial charge in [-0.05, 0) is 29.7 Å². The number of hydrogen-bond acceptors (Lipinski definition) is 4. The van der Waals surface area contributed by atoms with Gasteiger partial charge in [-0.1, -0.05) is 0 Å². The summed E-state index contributed by atoms with van der Waals surface area (Å²) in [6.45, 7) is 0.534. The second-order valence-electron chi connectivity index (χ2n) is 3.95. The molecule has 5 heteroatoms. The molecule has 92 valence electrons. The van der Waals surface area contributed by atoms with E-state index in [1.54, 1.807) is 14.2 Å². The molecule has 1 aromatic carbocycles. The van der Waals surface area contributed by atoms with Crippen LogP contribution in [-0.2, 0) is 17.8 Å². The molecule has 0 aromatic heterocycles. The number of fused-ring (bicyclic) bond motifs is 1. The molecule has 0 saturated carbocycles. The molecule has 1 aromatic rings. The lowest BCUT2D eigenvalue weighted by molar-refractivity contribution is -0.139. The Morgan fingerprint density at radius 1 is 1.29 bits per heavy atom. The summed E-state index contributed by atoms with van der Waals surface area (Å²) in [5.74, 6) is 0.476. The molecular weight excluding hydrogens is 222 g/mol. The van der Waals surface area contributed by atoms with Gasteiger partial charge in [-0.25, -0.2) is 0 Å². The first-order chi connectivity index (χ1) is 8.15. The fourth-order valence-electron chi connectivity index (χ4n) is 2.02. The quantitative estimate of drug-likeness (QED) is 0.814. The number of methoxy groups -OCH3 is 2. The van der Waals surface area contributed by atoms with Gasteiger partial charge in [0.05, 0.1) is 14.2 Å². The molecule has 1 unspecified atom stereocenters. The van der Waals surface area contributed by atoms with Crippen molar-refractivity contribution in [1.82, 2.24) is 5.32 Å². The van der Waals surface area contributed by atoms with Crippen LogP contribution in [0.5, 0.6) is 11.5 Å². The Labute approximate surface area is 99.3 Å². The van der Waals surface area contributed by atoms with Crippen LogP contribution in [0.3, 0.4) is 0 Å². The fraction of sp³-hybridized carbons (Fsp3) is 0.417. The van der Waals surface area contributed by atoms with Gasteiger partial charge in [0.2, 0.25) is 0 Å². The molecule has 0 aliphatic carbocycles. The molecule has 0 bridgehead atoms. The molecular formula is C12H15NO4. The van der Waals surface area contributed by atoms with Crippen molar-refractivity contribution in [2.75, 3.05) is 14.2 Å². The van der Waals surface area contributed by atoms with Crippen molar-refractivity contribution in [2.45, 2.75) is 19.0 Å². The van der Waals surface area contributed by atoms with Gasteiger partial charge >= 0.3 is 5.97 Å². The molecule has 2 rings (SSSR count). The van der Waals surface area contributed by atoms with Crippen LogP contribution in [0.15, 0.2) is 12.1 Å². The molecule has 17 heavy (non-hydrogen) atoms. The van der Waals surface area contributed by atoms with Gasteiger partial charge in [0.1, 0.15) is 6.04 Å². The molecule has 1 aliphatic heterocycles. The zero-order valence-electron chi connectivity index (χ0n) is 9.82. The first-order valence-electron chi connectivity index (χ1n) is 5.35. The van der Waals surface area contributed by atoms with Gasteiger partial charge in [-0.3, -0.25) is 4.79 Å². The first-order valence-corrected chi connectivity index (χ1v) is 5.35. The van der Waals surface area contributed by atoms with E-state index in [2.05, 4.69) is 5.32 Å². The largest absolute Gasteiger partial charge is 0.493 e. The summed E-state index contributed by atoms with van der Waals surface area (Å²) in [6.07, 6.45) is 0.463. The summed E-state index contributed by atoms with van der Waals surface area (Å²) in [5.41, 5.74) is 2.05. The van der Waals surface area contributed by atoms with E-state index >= 15 is 0 Å². The Balaban J connectivity index is 2.35. The highest BCUT2D eigenvalue weighted by molar-refractivity contribution is 5.74. The minimum atomic E-state index is -0.828. The van der Waals surface area contributed by atoms with E-state index < -0.39 is 12.0 Å². The van der Waals surface area contributed by atoms with Crippen LogP contribution < -0.4 is 14.8 Å². The van der Waals surface area contributed by atoms with Crippen molar-refractivity contribution in [1.29, 1.82) is 0 Å². The summed E-state index contributed by atoms with van der Waals surface area (Å²) < 4.78 is 10.4. The third-order valence-electron chi connectivity index (χ3n) is 2.97. The number of benzene rings is 1. The smallest absolute Gasteiger partial charge is 0.321 e. The van der Waals surface area contributed by atoms with Crippen LogP contribution in [0.25, 0.3) is 0 Å². The van der Waals surface area contributed by atoms with Crippen molar-refractivity contribution in [3.63, 3.8) is 0 Å². The summed E-state index contributed by atoms with van der Waals surface area (Å²) in [7, 11) is 3.15. The van der Waals surface area contributed by atoms with Crippen LogP contribution in [0, 0.1) is 0 Å². The molecule has 0 fully saturated rings. The maximum Gasteiger partial charge on any atom is 0.321 e. The second kappa shape index (κ2) is 4.63. The van der Waals surface area contributed by atoms with Gasteiger partial charge in [0, 0.05) is 6.54 Å². The molecule has 1 heterocycles. The lowest BCUT2D eigenvalue weighted by Crippen LogP contribution is -2.41.